The Morgan fingerprint density at radius 3 is 2.63 bits per heavy atom. The highest BCUT2D eigenvalue weighted by Gasteiger charge is 2.31. The third-order valence-electron chi connectivity index (χ3n) is 3.56. The zero-order chi connectivity index (χ0) is 19.4. The monoisotopic (exact) mass is 412 g/mol. The Kier molecular flexibility index (Phi) is 6.01. The molecule has 2 aromatic carbocycles. The molecule has 0 saturated carbocycles. The topological polar surface area (TPSA) is 50.7 Å². The molecule has 27 heavy (non-hydrogen) atoms. The number of para-hydroxylation sites is 1. The van der Waals surface area contributed by atoms with Crippen molar-refractivity contribution in [1.82, 2.24) is 0 Å². The van der Waals surface area contributed by atoms with Gasteiger partial charge >= 0.3 is 6.36 Å². The Balaban J connectivity index is 1.57. The van der Waals surface area contributed by atoms with Gasteiger partial charge < -0.3 is 10.1 Å². The standard InChI is InChI=1S/C18H15F3N2O2S2/c1-11(27-17-23-15-5-3-2-4-12(15)10-26-17)16(24)22-13-6-8-14(9-7-13)25-18(19,20)21/h2-9,11H,10H2,1H3,(H,22,24). The molecule has 0 bridgehead atoms. The maximum Gasteiger partial charge on any atom is 0.573 e. The lowest BCUT2D eigenvalue weighted by atomic mass is 10.2. The number of ether oxygens (including phenoxy) is 1. The van der Waals surface area contributed by atoms with Gasteiger partial charge in [-0.05, 0) is 42.8 Å². The Morgan fingerprint density at radius 1 is 1.22 bits per heavy atom. The van der Waals surface area contributed by atoms with E-state index in [4.69, 9.17) is 0 Å². The van der Waals surface area contributed by atoms with Gasteiger partial charge in [0.15, 0.2) is 0 Å². The minimum Gasteiger partial charge on any atom is -0.406 e. The highest BCUT2D eigenvalue weighted by atomic mass is 32.2. The third kappa shape index (κ3) is 5.67. The van der Waals surface area contributed by atoms with Gasteiger partial charge in [0.05, 0.1) is 10.9 Å². The van der Waals surface area contributed by atoms with Crippen molar-refractivity contribution in [2.45, 2.75) is 24.3 Å². The Morgan fingerprint density at radius 2 is 1.93 bits per heavy atom. The molecule has 4 nitrogen and oxygen atoms in total. The molecule has 1 aliphatic heterocycles. The third-order valence-corrected chi connectivity index (χ3v) is 5.85. The van der Waals surface area contributed by atoms with Crippen LogP contribution in [0, 0.1) is 0 Å². The smallest absolute Gasteiger partial charge is 0.406 e. The van der Waals surface area contributed by atoms with Crippen LogP contribution in [-0.4, -0.2) is 21.9 Å². The van der Waals surface area contributed by atoms with E-state index in [1.54, 1.807) is 18.7 Å². The maximum absolute atomic E-state index is 12.3. The highest BCUT2D eigenvalue weighted by molar-refractivity contribution is 8.39. The lowest BCUT2D eigenvalue weighted by Gasteiger charge is -2.17. The van der Waals surface area contributed by atoms with Crippen molar-refractivity contribution in [3.8, 4) is 5.75 Å². The summed E-state index contributed by atoms with van der Waals surface area (Å²) in [6.45, 7) is 1.75. The number of fused-ring (bicyclic) bond motifs is 1. The second-order valence-electron chi connectivity index (χ2n) is 5.62. The summed E-state index contributed by atoms with van der Waals surface area (Å²) in [6, 6.07) is 12.9. The van der Waals surface area contributed by atoms with E-state index in [0.717, 1.165) is 33.5 Å². The summed E-state index contributed by atoms with van der Waals surface area (Å²) >= 11 is 2.92. The van der Waals surface area contributed by atoms with E-state index >= 15 is 0 Å². The van der Waals surface area contributed by atoms with Crippen LogP contribution in [0.2, 0.25) is 0 Å². The number of carbonyl (C=O) groups excluding carboxylic acids is 1. The summed E-state index contributed by atoms with van der Waals surface area (Å²) in [5.74, 6) is 0.206. The average Bonchev–Trinajstić information content (AvgIpc) is 2.62. The molecule has 1 amide bonds. The van der Waals surface area contributed by atoms with Gasteiger partial charge in [-0.1, -0.05) is 41.7 Å². The summed E-state index contributed by atoms with van der Waals surface area (Å²) < 4.78 is 41.1. The summed E-state index contributed by atoms with van der Waals surface area (Å²) in [5.41, 5.74) is 2.46. The minimum atomic E-state index is -4.74. The van der Waals surface area contributed by atoms with Crippen molar-refractivity contribution in [2.75, 3.05) is 5.32 Å². The normalized spacial score (nSPS) is 14.7. The van der Waals surface area contributed by atoms with Gasteiger partial charge in [0.1, 0.15) is 10.1 Å². The molecule has 0 saturated heterocycles. The molecule has 9 heteroatoms. The number of aliphatic imine (C=N–C) groups is 1. The van der Waals surface area contributed by atoms with Crippen LogP contribution in [0.15, 0.2) is 53.5 Å². The zero-order valence-electron chi connectivity index (χ0n) is 14.1. The quantitative estimate of drug-likeness (QED) is 0.712. The van der Waals surface area contributed by atoms with E-state index in [1.807, 2.05) is 24.3 Å². The number of amides is 1. The van der Waals surface area contributed by atoms with Crippen molar-refractivity contribution >= 4 is 45.2 Å². The molecule has 0 aromatic heterocycles. The van der Waals surface area contributed by atoms with Crippen LogP contribution < -0.4 is 10.1 Å². The van der Waals surface area contributed by atoms with Gasteiger partial charge in [0.2, 0.25) is 5.91 Å². The van der Waals surface area contributed by atoms with Gasteiger partial charge in [0.25, 0.3) is 0 Å². The van der Waals surface area contributed by atoms with Crippen LogP contribution >= 0.6 is 23.5 Å². The van der Waals surface area contributed by atoms with Crippen LogP contribution in [0.25, 0.3) is 0 Å². The molecule has 1 N–H and O–H groups in total. The van der Waals surface area contributed by atoms with E-state index in [2.05, 4.69) is 15.0 Å². The van der Waals surface area contributed by atoms with Crippen LogP contribution in [0.1, 0.15) is 12.5 Å². The lowest BCUT2D eigenvalue weighted by molar-refractivity contribution is -0.274. The molecule has 0 spiro atoms. The summed E-state index contributed by atoms with van der Waals surface area (Å²) in [5, 5.41) is 2.27. The number of thioether (sulfide) groups is 2. The summed E-state index contributed by atoms with van der Waals surface area (Å²) in [7, 11) is 0. The largest absolute Gasteiger partial charge is 0.573 e. The molecule has 0 fully saturated rings. The van der Waals surface area contributed by atoms with E-state index < -0.39 is 11.6 Å². The first-order valence-electron chi connectivity index (χ1n) is 7.93. The first-order chi connectivity index (χ1) is 12.8. The molecular formula is C18H15F3N2O2S2. The number of halogens is 3. The van der Waals surface area contributed by atoms with E-state index in [0.29, 0.717) is 5.69 Å². The summed E-state index contributed by atoms with van der Waals surface area (Å²) in [4.78, 5) is 16.9. The molecule has 1 heterocycles. The molecule has 1 unspecified atom stereocenters. The molecule has 0 aliphatic carbocycles. The molecule has 142 valence electrons. The van der Waals surface area contributed by atoms with Crippen LogP contribution in [0.5, 0.6) is 5.75 Å². The Bertz CT molecular complexity index is 854. The van der Waals surface area contributed by atoms with Crippen LogP contribution in [-0.2, 0) is 10.5 Å². The van der Waals surface area contributed by atoms with Gasteiger partial charge in [0, 0.05) is 11.4 Å². The van der Waals surface area contributed by atoms with Gasteiger partial charge in [-0.3, -0.25) is 4.79 Å². The zero-order valence-corrected chi connectivity index (χ0v) is 15.8. The highest BCUT2D eigenvalue weighted by Crippen LogP contribution is 2.36. The fourth-order valence-corrected chi connectivity index (χ4v) is 4.45. The second-order valence-corrected chi connectivity index (χ2v) is 8.17. The predicted octanol–water partition coefficient (Wildman–Crippen LogP) is 5.58. The molecule has 2 aromatic rings. The first kappa shape index (κ1) is 19.6. The Hall–Kier alpha value is -2.13. The fraction of sp³-hybridized carbons (Fsp3) is 0.222. The van der Waals surface area contributed by atoms with Crippen molar-refractivity contribution in [2.24, 2.45) is 4.99 Å². The predicted molar refractivity (Wildman–Crippen MR) is 104 cm³/mol. The number of anilines is 1. The second kappa shape index (κ2) is 8.26. The van der Waals surface area contributed by atoms with Gasteiger partial charge in [-0.25, -0.2) is 4.99 Å². The van der Waals surface area contributed by atoms with Gasteiger partial charge in [-0.15, -0.1) is 13.2 Å². The minimum absolute atomic E-state index is 0.258. The van der Waals surface area contributed by atoms with Crippen molar-refractivity contribution < 1.29 is 22.7 Å². The number of nitrogens with one attached hydrogen (secondary N) is 1. The van der Waals surface area contributed by atoms with E-state index in [-0.39, 0.29) is 11.7 Å². The number of hydrogen-bond acceptors (Lipinski definition) is 5. The molecule has 3 rings (SSSR count). The lowest BCUT2D eigenvalue weighted by Crippen LogP contribution is -2.23. The number of hydrogen-bond donors (Lipinski definition) is 1. The summed E-state index contributed by atoms with van der Waals surface area (Å²) in [6.07, 6.45) is -4.74. The van der Waals surface area contributed by atoms with Crippen molar-refractivity contribution in [3.63, 3.8) is 0 Å². The van der Waals surface area contributed by atoms with Crippen molar-refractivity contribution in [1.29, 1.82) is 0 Å². The van der Waals surface area contributed by atoms with Crippen molar-refractivity contribution in [3.05, 3.63) is 54.1 Å². The van der Waals surface area contributed by atoms with Crippen LogP contribution in [0.4, 0.5) is 24.5 Å². The number of nitrogens with zero attached hydrogens (tertiary/aromatic N) is 1. The van der Waals surface area contributed by atoms with E-state index in [9.17, 15) is 18.0 Å². The number of alkyl halides is 3. The van der Waals surface area contributed by atoms with E-state index in [1.165, 1.54) is 23.9 Å². The fourth-order valence-electron chi connectivity index (χ4n) is 2.26. The van der Waals surface area contributed by atoms with Crippen LogP contribution in [0.3, 0.4) is 0 Å². The number of rotatable bonds is 4. The molecule has 1 atom stereocenters. The molecule has 1 aliphatic rings. The average molecular weight is 412 g/mol. The maximum atomic E-state index is 12.3. The number of carbonyl (C=O) groups is 1. The number of benzene rings is 2. The van der Waals surface area contributed by atoms with Gasteiger partial charge in [-0.2, -0.15) is 0 Å². The molecular weight excluding hydrogens is 397 g/mol. The molecule has 0 radical (unpaired) electrons. The SMILES string of the molecule is CC(SC1=Nc2ccccc2CS1)C(=O)Nc1ccc(OC(F)(F)F)cc1. The Labute approximate surface area is 162 Å². The first-order valence-corrected chi connectivity index (χ1v) is 9.79.